The number of benzene rings is 1. The highest BCUT2D eigenvalue weighted by molar-refractivity contribution is 5.26. The minimum absolute atomic E-state index is 0.274. The number of hydrogen-bond acceptors (Lipinski definition) is 2. The van der Waals surface area contributed by atoms with E-state index in [-0.39, 0.29) is 6.04 Å². The standard InChI is InChI=1S/C16H28N2/c1-5-13(6-2)11-16(18-17)15-9-7-14(8-10-15)12(3)4/h7-10,12-13,16,18H,5-6,11,17H2,1-4H3. The molecule has 1 rings (SSSR count). The summed E-state index contributed by atoms with van der Waals surface area (Å²) in [5, 5.41) is 0. The molecule has 1 aromatic carbocycles. The van der Waals surface area contributed by atoms with Crippen molar-refractivity contribution in [3.63, 3.8) is 0 Å². The highest BCUT2D eigenvalue weighted by atomic mass is 15.2. The molecule has 0 aliphatic rings. The van der Waals surface area contributed by atoms with Gasteiger partial charge in [-0.15, -0.1) is 0 Å². The summed E-state index contributed by atoms with van der Waals surface area (Å²) in [4.78, 5) is 0. The zero-order valence-corrected chi connectivity index (χ0v) is 12.2. The van der Waals surface area contributed by atoms with Crippen LogP contribution in [-0.4, -0.2) is 0 Å². The second kappa shape index (κ2) is 7.55. The Morgan fingerprint density at radius 3 is 1.89 bits per heavy atom. The summed E-state index contributed by atoms with van der Waals surface area (Å²) < 4.78 is 0. The average Bonchev–Trinajstić information content (AvgIpc) is 2.40. The molecule has 2 nitrogen and oxygen atoms in total. The van der Waals surface area contributed by atoms with E-state index in [9.17, 15) is 0 Å². The van der Waals surface area contributed by atoms with Gasteiger partial charge in [0.2, 0.25) is 0 Å². The third-order valence-corrected chi connectivity index (χ3v) is 3.93. The molecule has 0 saturated carbocycles. The molecule has 1 atom stereocenters. The number of nitrogens with one attached hydrogen (secondary N) is 1. The molecule has 0 aliphatic heterocycles. The van der Waals surface area contributed by atoms with Crippen molar-refractivity contribution in [1.82, 2.24) is 5.43 Å². The van der Waals surface area contributed by atoms with E-state index in [1.54, 1.807) is 0 Å². The van der Waals surface area contributed by atoms with Crippen LogP contribution in [0.2, 0.25) is 0 Å². The first-order valence-electron chi connectivity index (χ1n) is 7.18. The van der Waals surface area contributed by atoms with Gasteiger partial charge in [-0.1, -0.05) is 64.8 Å². The summed E-state index contributed by atoms with van der Waals surface area (Å²) in [5.41, 5.74) is 5.65. The lowest BCUT2D eigenvalue weighted by atomic mass is 9.90. The van der Waals surface area contributed by atoms with E-state index < -0.39 is 0 Å². The van der Waals surface area contributed by atoms with Crippen LogP contribution in [0, 0.1) is 5.92 Å². The van der Waals surface area contributed by atoms with Gasteiger partial charge in [0.1, 0.15) is 0 Å². The normalized spacial score (nSPS) is 13.3. The molecular weight excluding hydrogens is 220 g/mol. The maximum atomic E-state index is 5.71. The SMILES string of the molecule is CCC(CC)CC(NN)c1ccc(C(C)C)cc1. The van der Waals surface area contributed by atoms with Gasteiger partial charge in [-0.05, 0) is 29.4 Å². The van der Waals surface area contributed by atoms with E-state index in [0.717, 1.165) is 12.3 Å². The first-order valence-corrected chi connectivity index (χ1v) is 7.18. The Balaban J connectivity index is 2.75. The highest BCUT2D eigenvalue weighted by Gasteiger charge is 2.14. The Morgan fingerprint density at radius 2 is 1.50 bits per heavy atom. The van der Waals surface area contributed by atoms with Gasteiger partial charge in [-0.3, -0.25) is 11.3 Å². The Labute approximate surface area is 112 Å². The first-order chi connectivity index (χ1) is 8.62. The lowest BCUT2D eigenvalue weighted by Gasteiger charge is -2.22. The largest absolute Gasteiger partial charge is 0.271 e. The van der Waals surface area contributed by atoms with Gasteiger partial charge in [0, 0.05) is 6.04 Å². The van der Waals surface area contributed by atoms with Crippen molar-refractivity contribution in [2.75, 3.05) is 0 Å². The highest BCUT2D eigenvalue weighted by Crippen LogP contribution is 2.26. The zero-order chi connectivity index (χ0) is 13.5. The van der Waals surface area contributed by atoms with E-state index in [4.69, 9.17) is 5.84 Å². The second-order valence-corrected chi connectivity index (χ2v) is 5.46. The Morgan fingerprint density at radius 1 is 1.00 bits per heavy atom. The van der Waals surface area contributed by atoms with E-state index >= 15 is 0 Å². The molecule has 0 aromatic heterocycles. The van der Waals surface area contributed by atoms with Gasteiger partial charge >= 0.3 is 0 Å². The predicted molar refractivity (Wildman–Crippen MR) is 79.3 cm³/mol. The summed E-state index contributed by atoms with van der Waals surface area (Å²) in [6.45, 7) is 8.95. The third kappa shape index (κ3) is 4.11. The molecule has 0 bridgehead atoms. The third-order valence-electron chi connectivity index (χ3n) is 3.93. The molecule has 0 aliphatic carbocycles. The molecule has 0 saturated heterocycles. The minimum Gasteiger partial charge on any atom is -0.271 e. The van der Waals surface area contributed by atoms with E-state index in [1.165, 1.54) is 24.0 Å². The summed E-state index contributed by atoms with van der Waals surface area (Å²) in [6, 6.07) is 9.13. The fraction of sp³-hybridized carbons (Fsp3) is 0.625. The average molecular weight is 248 g/mol. The fourth-order valence-corrected chi connectivity index (χ4v) is 2.37. The van der Waals surface area contributed by atoms with Crippen molar-refractivity contribution < 1.29 is 0 Å². The van der Waals surface area contributed by atoms with Crippen molar-refractivity contribution in [1.29, 1.82) is 0 Å². The van der Waals surface area contributed by atoms with Gasteiger partial charge < -0.3 is 0 Å². The number of nitrogens with two attached hydrogens (primary N) is 1. The van der Waals surface area contributed by atoms with Crippen molar-refractivity contribution in [3.8, 4) is 0 Å². The van der Waals surface area contributed by atoms with Crippen molar-refractivity contribution >= 4 is 0 Å². The molecule has 0 heterocycles. The zero-order valence-electron chi connectivity index (χ0n) is 12.2. The maximum absolute atomic E-state index is 5.71. The van der Waals surface area contributed by atoms with Gasteiger partial charge in [-0.25, -0.2) is 0 Å². The van der Waals surface area contributed by atoms with Crippen LogP contribution >= 0.6 is 0 Å². The Hall–Kier alpha value is -0.860. The number of rotatable bonds is 7. The van der Waals surface area contributed by atoms with Crippen molar-refractivity contribution in [2.45, 2.75) is 58.9 Å². The maximum Gasteiger partial charge on any atom is 0.0462 e. The topological polar surface area (TPSA) is 38.0 Å². The first kappa shape index (κ1) is 15.2. The van der Waals surface area contributed by atoms with Crippen LogP contribution in [0.3, 0.4) is 0 Å². The van der Waals surface area contributed by atoms with Crippen LogP contribution in [-0.2, 0) is 0 Å². The molecular formula is C16H28N2. The Kier molecular flexibility index (Phi) is 6.37. The molecule has 0 radical (unpaired) electrons. The molecule has 0 amide bonds. The molecule has 1 aromatic rings. The van der Waals surface area contributed by atoms with Crippen LogP contribution in [0.25, 0.3) is 0 Å². The summed E-state index contributed by atoms with van der Waals surface area (Å²) in [6.07, 6.45) is 3.56. The molecule has 1 unspecified atom stereocenters. The van der Waals surface area contributed by atoms with Crippen LogP contribution in [0.4, 0.5) is 0 Å². The smallest absolute Gasteiger partial charge is 0.0462 e. The molecule has 102 valence electrons. The summed E-state index contributed by atoms with van der Waals surface area (Å²) in [5.74, 6) is 7.04. The summed E-state index contributed by atoms with van der Waals surface area (Å²) in [7, 11) is 0. The van der Waals surface area contributed by atoms with E-state index in [1.807, 2.05) is 0 Å². The van der Waals surface area contributed by atoms with Gasteiger partial charge in [0.25, 0.3) is 0 Å². The second-order valence-electron chi connectivity index (χ2n) is 5.46. The van der Waals surface area contributed by atoms with Crippen LogP contribution in [0.15, 0.2) is 24.3 Å². The van der Waals surface area contributed by atoms with E-state index in [2.05, 4.69) is 57.4 Å². The lowest BCUT2D eigenvalue weighted by molar-refractivity contribution is 0.375. The van der Waals surface area contributed by atoms with Crippen LogP contribution < -0.4 is 11.3 Å². The minimum atomic E-state index is 0.274. The molecule has 3 N–H and O–H groups in total. The lowest BCUT2D eigenvalue weighted by Crippen LogP contribution is -2.29. The summed E-state index contributed by atoms with van der Waals surface area (Å²) >= 11 is 0. The van der Waals surface area contributed by atoms with Crippen molar-refractivity contribution in [2.24, 2.45) is 11.8 Å². The molecule has 0 fully saturated rings. The van der Waals surface area contributed by atoms with Crippen LogP contribution in [0.5, 0.6) is 0 Å². The Bertz CT molecular complexity index is 325. The van der Waals surface area contributed by atoms with Crippen molar-refractivity contribution in [3.05, 3.63) is 35.4 Å². The van der Waals surface area contributed by atoms with Gasteiger partial charge in [0.15, 0.2) is 0 Å². The van der Waals surface area contributed by atoms with Gasteiger partial charge in [0.05, 0.1) is 0 Å². The fourth-order valence-electron chi connectivity index (χ4n) is 2.37. The predicted octanol–water partition coefficient (Wildman–Crippen LogP) is 4.14. The number of hydrazine groups is 1. The molecule has 18 heavy (non-hydrogen) atoms. The molecule has 0 spiro atoms. The number of hydrogen-bond donors (Lipinski definition) is 2. The van der Waals surface area contributed by atoms with E-state index in [0.29, 0.717) is 5.92 Å². The quantitative estimate of drug-likeness (QED) is 0.562. The van der Waals surface area contributed by atoms with Crippen LogP contribution in [0.1, 0.15) is 70.0 Å². The van der Waals surface area contributed by atoms with Gasteiger partial charge in [-0.2, -0.15) is 0 Å². The molecule has 2 heteroatoms. The monoisotopic (exact) mass is 248 g/mol.